The van der Waals surface area contributed by atoms with Crippen LogP contribution in [0.4, 0.5) is 0 Å². The molecular formula is C16H31NO2. The van der Waals surface area contributed by atoms with Crippen LogP contribution in [0.15, 0.2) is 0 Å². The van der Waals surface area contributed by atoms with Crippen molar-refractivity contribution in [1.29, 1.82) is 0 Å². The lowest BCUT2D eigenvalue weighted by atomic mass is 9.80. The number of hydrogen-bond donors (Lipinski definition) is 0. The molecule has 0 aromatic heterocycles. The van der Waals surface area contributed by atoms with Crippen molar-refractivity contribution >= 4 is 5.97 Å². The molecule has 0 spiro atoms. The lowest BCUT2D eigenvalue weighted by Gasteiger charge is -2.29. The number of likely N-dealkylation sites (tertiary alicyclic amines) is 1. The van der Waals surface area contributed by atoms with E-state index >= 15 is 0 Å². The zero-order valence-corrected chi connectivity index (χ0v) is 13.2. The van der Waals surface area contributed by atoms with E-state index in [1.54, 1.807) is 0 Å². The Bertz CT molecular complexity index is 272. The first kappa shape index (κ1) is 16.5. The van der Waals surface area contributed by atoms with Crippen molar-refractivity contribution in [2.24, 2.45) is 11.3 Å². The standard InChI is InChI=1S/C16H31NO2/c1-5-16(4,13-14(2)3)15(18)19-12-11-17-9-7-6-8-10-17/h14H,5-13H2,1-4H3. The summed E-state index contributed by atoms with van der Waals surface area (Å²) in [5.74, 6) is 0.514. The Kier molecular flexibility index (Phi) is 6.84. The Balaban J connectivity index is 2.31. The second kappa shape index (κ2) is 7.88. The molecule has 0 saturated carbocycles. The summed E-state index contributed by atoms with van der Waals surface area (Å²) < 4.78 is 5.52. The highest BCUT2D eigenvalue weighted by molar-refractivity contribution is 5.76. The van der Waals surface area contributed by atoms with Gasteiger partial charge in [-0.2, -0.15) is 0 Å². The minimum atomic E-state index is -0.309. The van der Waals surface area contributed by atoms with E-state index in [9.17, 15) is 4.79 Å². The highest BCUT2D eigenvalue weighted by atomic mass is 16.5. The summed E-state index contributed by atoms with van der Waals surface area (Å²) in [6.07, 6.45) is 5.68. The fourth-order valence-corrected chi connectivity index (χ4v) is 2.90. The predicted molar refractivity (Wildman–Crippen MR) is 79.1 cm³/mol. The Morgan fingerprint density at radius 3 is 2.42 bits per heavy atom. The molecule has 1 saturated heterocycles. The van der Waals surface area contributed by atoms with Gasteiger partial charge in [0.15, 0.2) is 0 Å². The van der Waals surface area contributed by atoms with Crippen LogP contribution >= 0.6 is 0 Å². The van der Waals surface area contributed by atoms with Crippen molar-refractivity contribution in [3.05, 3.63) is 0 Å². The average Bonchev–Trinajstić information content (AvgIpc) is 2.39. The fraction of sp³-hybridized carbons (Fsp3) is 0.938. The van der Waals surface area contributed by atoms with Gasteiger partial charge >= 0.3 is 5.97 Å². The zero-order valence-electron chi connectivity index (χ0n) is 13.2. The molecule has 0 amide bonds. The number of carbonyl (C=O) groups is 1. The van der Waals surface area contributed by atoms with Crippen molar-refractivity contribution in [2.45, 2.75) is 59.8 Å². The molecule has 3 nitrogen and oxygen atoms in total. The number of esters is 1. The van der Waals surface area contributed by atoms with Crippen LogP contribution in [0, 0.1) is 11.3 Å². The van der Waals surface area contributed by atoms with Crippen LogP contribution in [-0.4, -0.2) is 37.1 Å². The molecule has 0 aliphatic carbocycles. The number of carbonyl (C=O) groups excluding carboxylic acids is 1. The number of ether oxygens (including phenoxy) is 1. The molecule has 0 aromatic carbocycles. The topological polar surface area (TPSA) is 29.5 Å². The molecule has 1 rings (SSSR count). The maximum atomic E-state index is 12.2. The lowest BCUT2D eigenvalue weighted by molar-refractivity contribution is -0.156. The van der Waals surface area contributed by atoms with Gasteiger partial charge in [-0.15, -0.1) is 0 Å². The van der Waals surface area contributed by atoms with E-state index in [-0.39, 0.29) is 11.4 Å². The maximum Gasteiger partial charge on any atom is 0.311 e. The van der Waals surface area contributed by atoms with Gasteiger partial charge in [0.2, 0.25) is 0 Å². The SMILES string of the molecule is CCC(C)(CC(C)C)C(=O)OCCN1CCCCC1. The van der Waals surface area contributed by atoms with Gasteiger partial charge < -0.3 is 4.74 Å². The van der Waals surface area contributed by atoms with E-state index in [0.717, 1.165) is 32.5 Å². The van der Waals surface area contributed by atoms with E-state index in [1.165, 1.54) is 19.3 Å². The van der Waals surface area contributed by atoms with Crippen LogP contribution in [0.3, 0.4) is 0 Å². The second-order valence-electron chi connectivity index (χ2n) is 6.55. The molecule has 19 heavy (non-hydrogen) atoms. The van der Waals surface area contributed by atoms with Gasteiger partial charge in [-0.3, -0.25) is 9.69 Å². The van der Waals surface area contributed by atoms with Gasteiger partial charge in [0.1, 0.15) is 6.61 Å². The number of rotatable bonds is 7. The molecule has 0 aromatic rings. The van der Waals surface area contributed by atoms with Crippen LogP contribution in [0.5, 0.6) is 0 Å². The molecule has 1 heterocycles. The van der Waals surface area contributed by atoms with Crippen molar-refractivity contribution in [3.8, 4) is 0 Å². The maximum absolute atomic E-state index is 12.2. The molecule has 0 radical (unpaired) electrons. The smallest absolute Gasteiger partial charge is 0.311 e. The number of hydrogen-bond acceptors (Lipinski definition) is 3. The van der Waals surface area contributed by atoms with Crippen LogP contribution in [0.25, 0.3) is 0 Å². The molecule has 1 unspecified atom stereocenters. The summed E-state index contributed by atoms with van der Waals surface area (Å²) in [5.41, 5.74) is -0.309. The summed E-state index contributed by atoms with van der Waals surface area (Å²) in [5, 5.41) is 0. The van der Waals surface area contributed by atoms with Crippen LogP contribution in [-0.2, 0) is 9.53 Å². The molecule has 0 N–H and O–H groups in total. The quantitative estimate of drug-likeness (QED) is 0.663. The van der Waals surface area contributed by atoms with E-state index in [0.29, 0.717) is 12.5 Å². The average molecular weight is 269 g/mol. The molecule has 1 aliphatic rings. The molecule has 1 fully saturated rings. The van der Waals surface area contributed by atoms with Crippen molar-refractivity contribution in [2.75, 3.05) is 26.2 Å². The summed E-state index contributed by atoms with van der Waals surface area (Å²) >= 11 is 0. The van der Waals surface area contributed by atoms with Gasteiger partial charge in [0.05, 0.1) is 5.41 Å². The highest BCUT2D eigenvalue weighted by Gasteiger charge is 2.33. The monoisotopic (exact) mass is 269 g/mol. The van der Waals surface area contributed by atoms with Gasteiger partial charge in [-0.1, -0.05) is 27.2 Å². The third kappa shape index (κ3) is 5.52. The Morgan fingerprint density at radius 2 is 1.89 bits per heavy atom. The minimum absolute atomic E-state index is 0.0132. The van der Waals surface area contributed by atoms with Crippen molar-refractivity contribution in [1.82, 2.24) is 4.90 Å². The zero-order chi connectivity index (χ0) is 14.3. The first-order chi connectivity index (χ1) is 8.98. The van der Waals surface area contributed by atoms with Gasteiger partial charge in [0, 0.05) is 6.54 Å². The largest absolute Gasteiger partial charge is 0.464 e. The van der Waals surface area contributed by atoms with E-state index < -0.39 is 0 Å². The molecular weight excluding hydrogens is 238 g/mol. The normalized spacial score (nSPS) is 20.3. The van der Waals surface area contributed by atoms with E-state index in [4.69, 9.17) is 4.74 Å². The second-order valence-corrected chi connectivity index (χ2v) is 6.55. The third-order valence-electron chi connectivity index (χ3n) is 4.22. The summed E-state index contributed by atoms with van der Waals surface area (Å²) in [7, 11) is 0. The predicted octanol–water partition coefficient (Wildman–Crippen LogP) is 3.48. The fourth-order valence-electron chi connectivity index (χ4n) is 2.90. The van der Waals surface area contributed by atoms with Crippen molar-refractivity contribution < 1.29 is 9.53 Å². The highest BCUT2D eigenvalue weighted by Crippen LogP contribution is 2.31. The third-order valence-corrected chi connectivity index (χ3v) is 4.22. The Hall–Kier alpha value is -0.570. The van der Waals surface area contributed by atoms with E-state index in [2.05, 4.69) is 25.7 Å². The molecule has 1 aliphatic heterocycles. The van der Waals surface area contributed by atoms with Gasteiger partial charge in [-0.05, 0) is 51.6 Å². The summed E-state index contributed by atoms with van der Waals surface area (Å²) in [6.45, 7) is 12.2. The first-order valence-electron chi connectivity index (χ1n) is 7.87. The number of nitrogens with zero attached hydrogens (tertiary/aromatic N) is 1. The van der Waals surface area contributed by atoms with Crippen LogP contribution < -0.4 is 0 Å². The number of piperidine rings is 1. The first-order valence-corrected chi connectivity index (χ1v) is 7.87. The molecule has 1 atom stereocenters. The molecule has 0 bridgehead atoms. The Labute approximate surface area is 118 Å². The van der Waals surface area contributed by atoms with Crippen LogP contribution in [0.2, 0.25) is 0 Å². The summed E-state index contributed by atoms with van der Waals surface area (Å²) in [6, 6.07) is 0. The lowest BCUT2D eigenvalue weighted by Crippen LogP contribution is -2.36. The van der Waals surface area contributed by atoms with Crippen molar-refractivity contribution in [3.63, 3.8) is 0 Å². The molecule has 3 heteroatoms. The van der Waals surface area contributed by atoms with Gasteiger partial charge in [-0.25, -0.2) is 0 Å². The minimum Gasteiger partial charge on any atom is -0.464 e. The Morgan fingerprint density at radius 1 is 1.26 bits per heavy atom. The van der Waals surface area contributed by atoms with Crippen LogP contribution in [0.1, 0.15) is 59.8 Å². The van der Waals surface area contributed by atoms with E-state index in [1.807, 2.05) is 6.92 Å². The van der Waals surface area contributed by atoms with Gasteiger partial charge in [0.25, 0.3) is 0 Å². The summed E-state index contributed by atoms with van der Waals surface area (Å²) in [4.78, 5) is 14.6. The molecule has 112 valence electrons.